The van der Waals surface area contributed by atoms with Crippen LogP contribution in [0.1, 0.15) is 5.56 Å². The molecular weight excluding hydrogens is 310 g/mol. The minimum absolute atomic E-state index is 0.103. The molecule has 21 heavy (non-hydrogen) atoms. The lowest BCUT2D eigenvalue weighted by molar-refractivity contribution is 0.441. The predicted octanol–water partition coefficient (Wildman–Crippen LogP) is 2.57. The van der Waals surface area contributed by atoms with Crippen molar-refractivity contribution in [1.29, 1.82) is 0 Å². The first-order chi connectivity index (χ1) is 9.95. The summed E-state index contributed by atoms with van der Waals surface area (Å²) in [5.74, 6) is 0.103. The Bertz CT molecular complexity index is 897. The van der Waals surface area contributed by atoms with Crippen molar-refractivity contribution in [2.24, 2.45) is 0 Å². The Morgan fingerprint density at radius 3 is 2.62 bits per heavy atom. The summed E-state index contributed by atoms with van der Waals surface area (Å²) in [4.78, 5) is 4.43. The molecule has 3 aromatic rings. The average molecular weight is 321 g/mol. The Balaban J connectivity index is 1.99. The number of hydrogen-bond acceptors (Lipinski definition) is 7. The van der Waals surface area contributed by atoms with Gasteiger partial charge in [0.1, 0.15) is 10.7 Å². The van der Waals surface area contributed by atoms with E-state index in [0.29, 0.717) is 5.69 Å². The third-order valence-corrected chi connectivity index (χ3v) is 4.50. The lowest BCUT2D eigenvalue weighted by Gasteiger charge is -1.99. The first-order valence-electron chi connectivity index (χ1n) is 6.00. The van der Waals surface area contributed by atoms with Crippen molar-refractivity contribution in [3.8, 4) is 22.2 Å². The molecule has 0 fully saturated rings. The molecule has 0 saturated carbocycles. The van der Waals surface area contributed by atoms with Crippen molar-refractivity contribution in [3.63, 3.8) is 0 Å². The van der Waals surface area contributed by atoms with Crippen LogP contribution in [0.15, 0.2) is 39.3 Å². The van der Waals surface area contributed by atoms with Gasteiger partial charge in [-0.25, -0.2) is 13.4 Å². The highest BCUT2D eigenvalue weighted by atomic mass is 32.2. The zero-order chi connectivity index (χ0) is 15.0. The molecule has 0 aliphatic heterocycles. The van der Waals surface area contributed by atoms with E-state index in [-0.39, 0.29) is 5.89 Å². The molecule has 108 valence electrons. The second-order valence-electron chi connectivity index (χ2n) is 4.50. The van der Waals surface area contributed by atoms with E-state index >= 15 is 0 Å². The van der Waals surface area contributed by atoms with Crippen molar-refractivity contribution in [3.05, 3.63) is 35.2 Å². The molecule has 2 aromatic heterocycles. The van der Waals surface area contributed by atoms with Gasteiger partial charge >= 0.3 is 5.22 Å². The van der Waals surface area contributed by atoms with Gasteiger partial charge in [0.2, 0.25) is 9.84 Å². The van der Waals surface area contributed by atoms with Gasteiger partial charge in [-0.3, -0.25) is 0 Å². The molecule has 0 aliphatic carbocycles. The van der Waals surface area contributed by atoms with Crippen molar-refractivity contribution in [2.75, 3.05) is 6.26 Å². The fraction of sp³-hybridized carbons (Fsp3) is 0.154. The lowest BCUT2D eigenvalue weighted by Crippen LogP contribution is -1.96. The molecule has 0 aliphatic rings. The second kappa shape index (κ2) is 5.05. The van der Waals surface area contributed by atoms with Crippen molar-refractivity contribution >= 4 is 21.2 Å². The smallest absolute Gasteiger partial charge is 0.335 e. The first-order valence-corrected chi connectivity index (χ1v) is 8.78. The number of aryl methyl sites for hydroxylation is 1. The molecule has 0 radical (unpaired) electrons. The highest BCUT2D eigenvalue weighted by molar-refractivity contribution is 7.90. The summed E-state index contributed by atoms with van der Waals surface area (Å²) in [6, 6.07) is 7.89. The molecule has 0 spiro atoms. The summed E-state index contributed by atoms with van der Waals surface area (Å²) in [6.07, 6.45) is 1.02. The number of aromatic nitrogens is 3. The largest absolute Gasteiger partial charge is 0.406 e. The van der Waals surface area contributed by atoms with Gasteiger partial charge in [0.15, 0.2) is 0 Å². The van der Waals surface area contributed by atoms with Gasteiger partial charge in [-0.05, 0) is 12.5 Å². The Hall–Kier alpha value is -2.06. The zero-order valence-corrected chi connectivity index (χ0v) is 12.9. The monoisotopic (exact) mass is 321 g/mol. The maximum absolute atomic E-state index is 11.3. The number of thiazole rings is 1. The minimum Gasteiger partial charge on any atom is -0.406 e. The fourth-order valence-corrected chi connectivity index (χ4v) is 3.07. The third kappa shape index (κ3) is 2.72. The number of rotatable bonds is 3. The summed E-state index contributed by atoms with van der Waals surface area (Å²) in [5, 5.41) is 9.44. The van der Waals surface area contributed by atoms with E-state index in [1.54, 1.807) is 5.38 Å². The van der Waals surface area contributed by atoms with Crippen LogP contribution in [0.25, 0.3) is 22.2 Å². The molecule has 1 aromatic carbocycles. The van der Waals surface area contributed by atoms with Crippen LogP contribution in [0.5, 0.6) is 0 Å². The van der Waals surface area contributed by atoms with Gasteiger partial charge < -0.3 is 4.42 Å². The molecule has 3 rings (SSSR count). The van der Waals surface area contributed by atoms with E-state index in [2.05, 4.69) is 15.2 Å². The van der Waals surface area contributed by atoms with Crippen LogP contribution in [-0.2, 0) is 9.84 Å². The fourth-order valence-electron chi connectivity index (χ4n) is 1.77. The normalized spacial score (nSPS) is 11.7. The maximum atomic E-state index is 11.3. The molecule has 0 amide bonds. The van der Waals surface area contributed by atoms with E-state index in [4.69, 9.17) is 4.42 Å². The van der Waals surface area contributed by atoms with Crippen LogP contribution in [-0.4, -0.2) is 29.9 Å². The lowest BCUT2D eigenvalue weighted by atomic mass is 10.1. The van der Waals surface area contributed by atoms with Crippen LogP contribution < -0.4 is 0 Å². The number of hydrogen-bond donors (Lipinski definition) is 0. The van der Waals surface area contributed by atoms with Gasteiger partial charge in [-0.2, -0.15) is 0 Å². The SMILES string of the molecule is Cc1ccccc1-c1nc(-c2nnc(S(C)(=O)=O)o2)cs1. The molecular formula is C13H11N3O3S2. The highest BCUT2D eigenvalue weighted by Crippen LogP contribution is 2.30. The van der Waals surface area contributed by atoms with E-state index in [1.165, 1.54) is 11.3 Å². The molecule has 8 heteroatoms. The quantitative estimate of drug-likeness (QED) is 0.737. The van der Waals surface area contributed by atoms with E-state index in [0.717, 1.165) is 22.4 Å². The predicted molar refractivity (Wildman–Crippen MR) is 78.7 cm³/mol. The molecule has 0 N–H and O–H groups in total. The zero-order valence-electron chi connectivity index (χ0n) is 11.3. The summed E-state index contributed by atoms with van der Waals surface area (Å²) in [6.45, 7) is 2.00. The Morgan fingerprint density at radius 2 is 1.95 bits per heavy atom. The van der Waals surface area contributed by atoms with E-state index in [1.807, 2.05) is 31.2 Å². The van der Waals surface area contributed by atoms with Gasteiger partial charge in [0, 0.05) is 17.2 Å². The molecule has 0 saturated heterocycles. The topological polar surface area (TPSA) is 86.0 Å². The molecule has 6 nitrogen and oxygen atoms in total. The van der Waals surface area contributed by atoms with Crippen molar-refractivity contribution < 1.29 is 12.8 Å². The van der Waals surface area contributed by atoms with Crippen LogP contribution in [0.2, 0.25) is 0 Å². The number of benzene rings is 1. The Labute approximate surface area is 125 Å². The van der Waals surface area contributed by atoms with Crippen LogP contribution >= 0.6 is 11.3 Å². The standard InChI is InChI=1S/C13H11N3O3S2/c1-8-5-3-4-6-9(8)12-14-10(7-20-12)11-15-16-13(19-11)21(2,17)18/h3-7H,1-2H3. The van der Waals surface area contributed by atoms with Gasteiger partial charge in [-0.1, -0.05) is 29.4 Å². The minimum atomic E-state index is -3.51. The van der Waals surface area contributed by atoms with Gasteiger partial charge in [0.25, 0.3) is 5.89 Å². The van der Waals surface area contributed by atoms with Crippen LogP contribution in [0.4, 0.5) is 0 Å². The Kier molecular flexibility index (Phi) is 3.34. The second-order valence-corrected chi connectivity index (χ2v) is 7.25. The first kappa shape index (κ1) is 13.9. The molecule has 0 unspecified atom stereocenters. The molecule has 2 heterocycles. The summed E-state index contributed by atoms with van der Waals surface area (Å²) >= 11 is 1.44. The molecule has 0 atom stereocenters. The summed E-state index contributed by atoms with van der Waals surface area (Å²) in [5.41, 5.74) is 2.61. The third-order valence-electron chi connectivity index (χ3n) is 2.82. The van der Waals surface area contributed by atoms with Crippen LogP contribution in [0, 0.1) is 6.92 Å². The van der Waals surface area contributed by atoms with Crippen molar-refractivity contribution in [2.45, 2.75) is 12.1 Å². The van der Waals surface area contributed by atoms with E-state index < -0.39 is 15.1 Å². The van der Waals surface area contributed by atoms with Crippen molar-refractivity contribution in [1.82, 2.24) is 15.2 Å². The average Bonchev–Trinajstić information content (AvgIpc) is 3.07. The number of nitrogens with zero attached hydrogens (tertiary/aromatic N) is 3. The highest BCUT2D eigenvalue weighted by Gasteiger charge is 2.19. The maximum Gasteiger partial charge on any atom is 0.335 e. The van der Waals surface area contributed by atoms with Gasteiger partial charge in [-0.15, -0.1) is 16.4 Å². The molecule has 0 bridgehead atoms. The van der Waals surface area contributed by atoms with Crippen LogP contribution in [0.3, 0.4) is 0 Å². The summed E-state index contributed by atoms with van der Waals surface area (Å²) in [7, 11) is -3.51. The summed E-state index contributed by atoms with van der Waals surface area (Å²) < 4.78 is 27.8. The number of sulfone groups is 1. The Morgan fingerprint density at radius 1 is 1.19 bits per heavy atom. The van der Waals surface area contributed by atoms with Gasteiger partial charge in [0.05, 0.1) is 0 Å². The van der Waals surface area contributed by atoms with E-state index in [9.17, 15) is 8.42 Å².